The molecule has 13 heteroatoms. The van der Waals surface area contributed by atoms with Crippen molar-refractivity contribution in [2.45, 2.75) is 6.92 Å². The third-order valence-electron chi connectivity index (χ3n) is 3.40. The van der Waals surface area contributed by atoms with E-state index in [0.717, 1.165) is 37.4 Å². The maximum atomic E-state index is 11.9. The number of benzene rings is 2. The van der Waals surface area contributed by atoms with Crippen LogP contribution in [0.15, 0.2) is 30.3 Å². The van der Waals surface area contributed by atoms with Gasteiger partial charge in [-0.2, -0.15) is 0 Å². The van der Waals surface area contributed by atoms with Gasteiger partial charge in [0.2, 0.25) is 5.75 Å². The summed E-state index contributed by atoms with van der Waals surface area (Å²) in [5.74, 6) is -0.367. The van der Waals surface area contributed by atoms with Crippen LogP contribution in [0.2, 0.25) is 0 Å². The minimum atomic E-state index is -2.56. The predicted molar refractivity (Wildman–Crippen MR) is 91.9 cm³/mol. The predicted octanol–water partition coefficient (Wildman–Crippen LogP) is 3.53. The van der Waals surface area contributed by atoms with Crippen LogP contribution in [0.1, 0.15) is 5.56 Å². The highest BCUT2D eigenvalue weighted by atomic mass is 31.1. The summed E-state index contributed by atoms with van der Waals surface area (Å²) >= 11 is 0. The van der Waals surface area contributed by atoms with Gasteiger partial charge in [0.15, 0.2) is 0 Å². The molecule has 0 saturated carbocycles. The number of nitrogens with zero attached hydrogens (tertiary/aromatic N) is 3. The molecule has 1 unspecified atom stereocenters. The second-order valence-electron chi connectivity index (χ2n) is 5.07. The van der Waals surface area contributed by atoms with Crippen molar-refractivity contribution in [1.29, 1.82) is 0 Å². The molecule has 0 N–H and O–H groups in total. The first-order valence-corrected chi connectivity index (χ1v) is 8.24. The summed E-state index contributed by atoms with van der Waals surface area (Å²) in [5.41, 5.74) is -1.39. The molecule has 0 fully saturated rings. The Morgan fingerprint density at radius 1 is 0.889 bits per heavy atom. The van der Waals surface area contributed by atoms with Crippen LogP contribution in [0.5, 0.6) is 11.5 Å². The minimum Gasteiger partial charge on any atom is -0.450 e. The molecule has 2 aromatic rings. The molecule has 0 amide bonds. The standard InChI is InChI=1S/C14H11N3O9P/c1-8-5-11(17(22)23)14(27(24)25-2)7-13(8)26-12-4-3-9(15(18)19)6-10(12)16(20)21/h3-7H,1-2H3/q+1. The van der Waals surface area contributed by atoms with E-state index in [1.165, 1.54) is 6.92 Å². The average Bonchev–Trinajstić information content (AvgIpc) is 2.62. The number of hydrogen-bond acceptors (Lipinski definition) is 9. The molecule has 27 heavy (non-hydrogen) atoms. The molecule has 0 radical (unpaired) electrons. The van der Waals surface area contributed by atoms with Gasteiger partial charge < -0.3 is 4.74 Å². The molecule has 0 aliphatic rings. The molecule has 0 bridgehead atoms. The summed E-state index contributed by atoms with van der Waals surface area (Å²) in [6.45, 7) is 1.45. The number of ether oxygens (including phenoxy) is 1. The number of nitro groups is 3. The fraction of sp³-hybridized carbons (Fsp3) is 0.143. The van der Waals surface area contributed by atoms with Crippen molar-refractivity contribution in [3.8, 4) is 11.5 Å². The van der Waals surface area contributed by atoms with E-state index in [4.69, 9.17) is 4.74 Å². The van der Waals surface area contributed by atoms with Crippen molar-refractivity contribution in [2.75, 3.05) is 7.11 Å². The number of rotatable bonds is 7. The van der Waals surface area contributed by atoms with Crippen molar-refractivity contribution >= 4 is 30.4 Å². The van der Waals surface area contributed by atoms with Gasteiger partial charge in [-0.1, -0.05) is 0 Å². The lowest BCUT2D eigenvalue weighted by atomic mass is 10.2. The number of non-ortho nitro benzene ring substituents is 1. The van der Waals surface area contributed by atoms with Gasteiger partial charge in [0.05, 0.1) is 27.9 Å². The summed E-state index contributed by atoms with van der Waals surface area (Å²) in [6, 6.07) is 4.95. The zero-order chi connectivity index (χ0) is 20.3. The van der Waals surface area contributed by atoms with Crippen LogP contribution in [0.3, 0.4) is 0 Å². The van der Waals surface area contributed by atoms with Gasteiger partial charge >= 0.3 is 24.7 Å². The first-order valence-electron chi connectivity index (χ1n) is 7.06. The maximum Gasteiger partial charge on any atom is 0.556 e. The van der Waals surface area contributed by atoms with E-state index in [1.54, 1.807) is 0 Å². The Labute approximate surface area is 151 Å². The third kappa shape index (κ3) is 4.19. The summed E-state index contributed by atoms with van der Waals surface area (Å²) < 4.78 is 22.0. The first kappa shape index (κ1) is 19.8. The average molecular weight is 396 g/mol. The molecule has 140 valence electrons. The summed E-state index contributed by atoms with van der Waals surface area (Å²) in [5, 5.41) is 32.8. The molecule has 2 aromatic carbocycles. The third-order valence-corrected chi connectivity index (χ3v) is 4.48. The Balaban J connectivity index is 2.57. The van der Waals surface area contributed by atoms with Crippen LogP contribution >= 0.6 is 8.03 Å². The van der Waals surface area contributed by atoms with E-state index in [0.29, 0.717) is 0 Å². The molecule has 0 saturated heterocycles. The van der Waals surface area contributed by atoms with Crippen LogP contribution in [0, 0.1) is 37.3 Å². The van der Waals surface area contributed by atoms with E-state index in [-0.39, 0.29) is 22.4 Å². The summed E-state index contributed by atoms with van der Waals surface area (Å²) in [4.78, 5) is 30.7. The number of aryl methyl sites for hydroxylation is 1. The van der Waals surface area contributed by atoms with Gasteiger partial charge in [-0.3, -0.25) is 30.3 Å². The summed E-state index contributed by atoms with van der Waals surface area (Å²) in [6.07, 6.45) is 0. The van der Waals surface area contributed by atoms with Crippen LogP contribution in [-0.4, -0.2) is 21.9 Å². The van der Waals surface area contributed by atoms with Crippen LogP contribution in [0.4, 0.5) is 17.1 Å². The fourth-order valence-corrected chi connectivity index (χ4v) is 2.88. The van der Waals surface area contributed by atoms with Crippen molar-refractivity contribution in [3.05, 3.63) is 66.2 Å². The van der Waals surface area contributed by atoms with Gasteiger partial charge in [-0.25, -0.2) is 0 Å². The Hall–Kier alpha value is -3.50. The lowest BCUT2D eigenvalue weighted by Gasteiger charge is -2.09. The van der Waals surface area contributed by atoms with Crippen molar-refractivity contribution < 1.29 is 28.6 Å². The van der Waals surface area contributed by atoms with Gasteiger partial charge in [-0.15, -0.1) is 4.52 Å². The molecule has 2 rings (SSSR count). The van der Waals surface area contributed by atoms with Crippen molar-refractivity contribution in [2.24, 2.45) is 0 Å². The number of hydrogen-bond donors (Lipinski definition) is 0. The summed E-state index contributed by atoms with van der Waals surface area (Å²) in [7, 11) is -1.46. The van der Waals surface area contributed by atoms with Gasteiger partial charge in [-0.05, 0) is 23.1 Å². The van der Waals surface area contributed by atoms with Gasteiger partial charge in [0, 0.05) is 18.2 Å². The molecular formula is C14H11N3O9P+. The second-order valence-corrected chi connectivity index (χ2v) is 6.43. The molecule has 0 spiro atoms. The molecule has 0 heterocycles. The molecule has 0 aliphatic heterocycles. The van der Waals surface area contributed by atoms with Crippen molar-refractivity contribution in [3.63, 3.8) is 0 Å². The van der Waals surface area contributed by atoms with E-state index in [9.17, 15) is 34.9 Å². The van der Waals surface area contributed by atoms with Crippen LogP contribution < -0.4 is 10.0 Å². The molecule has 1 atom stereocenters. The van der Waals surface area contributed by atoms with Gasteiger partial charge in [0.25, 0.3) is 5.69 Å². The Morgan fingerprint density at radius 3 is 2.04 bits per heavy atom. The zero-order valence-corrected chi connectivity index (χ0v) is 14.7. The SMILES string of the molecule is CO[P+](=O)c1cc(Oc2ccc([N+](=O)[O-])cc2[N+](=O)[O-])c(C)cc1[N+](=O)[O-]. The largest absolute Gasteiger partial charge is 0.556 e. The maximum absolute atomic E-state index is 11.9. The first-order chi connectivity index (χ1) is 12.6. The van der Waals surface area contributed by atoms with E-state index in [2.05, 4.69) is 4.52 Å². The Bertz CT molecular complexity index is 977. The highest BCUT2D eigenvalue weighted by molar-refractivity contribution is 7.48. The lowest BCUT2D eigenvalue weighted by Crippen LogP contribution is -2.08. The van der Waals surface area contributed by atoms with Crippen molar-refractivity contribution in [1.82, 2.24) is 0 Å². The quantitative estimate of drug-likeness (QED) is 0.386. The smallest absolute Gasteiger partial charge is 0.450 e. The van der Waals surface area contributed by atoms with E-state index in [1.807, 2.05) is 0 Å². The Kier molecular flexibility index (Phi) is 5.73. The lowest BCUT2D eigenvalue weighted by molar-refractivity contribution is -0.394. The highest BCUT2D eigenvalue weighted by Crippen LogP contribution is 2.37. The van der Waals surface area contributed by atoms with E-state index < -0.39 is 39.9 Å². The zero-order valence-electron chi connectivity index (χ0n) is 13.8. The molecule has 12 nitrogen and oxygen atoms in total. The fourth-order valence-electron chi connectivity index (χ4n) is 2.13. The molecular weight excluding hydrogens is 385 g/mol. The monoisotopic (exact) mass is 396 g/mol. The topological polar surface area (TPSA) is 165 Å². The molecule has 0 aromatic heterocycles. The normalized spacial score (nSPS) is 11.0. The minimum absolute atomic E-state index is 0.0482. The van der Waals surface area contributed by atoms with Gasteiger partial charge in [0.1, 0.15) is 5.75 Å². The van der Waals surface area contributed by atoms with E-state index >= 15 is 0 Å². The Morgan fingerprint density at radius 2 is 1.52 bits per heavy atom. The van der Waals surface area contributed by atoms with Crippen LogP contribution in [-0.2, 0) is 9.09 Å². The van der Waals surface area contributed by atoms with Crippen LogP contribution in [0.25, 0.3) is 0 Å². The number of nitro benzene ring substituents is 3. The second kappa shape index (κ2) is 7.81. The molecule has 0 aliphatic carbocycles. The highest BCUT2D eigenvalue weighted by Gasteiger charge is 2.34.